The molecule has 0 saturated carbocycles. The summed E-state index contributed by atoms with van der Waals surface area (Å²) in [6.07, 6.45) is 0. The predicted molar refractivity (Wildman–Crippen MR) is 70.6 cm³/mol. The maximum Gasteiger partial charge on any atom is 0.123 e. The molecular weight excluding hydrogens is 238 g/mol. The van der Waals surface area contributed by atoms with Crippen LogP contribution in [0.3, 0.4) is 0 Å². The van der Waals surface area contributed by atoms with Gasteiger partial charge in [0.05, 0.1) is 13.7 Å². The van der Waals surface area contributed by atoms with Gasteiger partial charge in [0.2, 0.25) is 0 Å². The highest BCUT2D eigenvalue weighted by Crippen LogP contribution is 2.25. The molecule has 0 bridgehead atoms. The highest BCUT2D eigenvalue weighted by molar-refractivity contribution is 6.30. The van der Waals surface area contributed by atoms with E-state index in [-0.39, 0.29) is 12.1 Å². The van der Waals surface area contributed by atoms with Gasteiger partial charge in [0.25, 0.3) is 0 Å². The third kappa shape index (κ3) is 3.60. The summed E-state index contributed by atoms with van der Waals surface area (Å²) in [6, 6.07) is 5.56. The molecule has 0 saturated heterocycles. The molecule has 0 aliphatic heterocycles. The lowest BCUT2D eigenvalue weighted by Crippen LogP contribution is -2.43. The number of ether oxygens (including phenoxy) is 1. The Labute approximate surface area is 108 Å². The molecule has 0 amide bonds. The molecule has 0 atom stereocenters. The van der Waals surface area contributed by atoms with E-state index in [0.29, 0.717) is 11.6 Å². The molecule has 17 heavy (non-hydrogen) atoms. The lowest BCUT2D eigenvalue weighted by Gasteiger charge is -2.34. The van der Waals surface area contributed by atoms with Crippen LogP contribution in [0.5, 0.6) is 5.75 Å². The standard InChI is InChI=1S/C13H20ClNO2/c1-13(2,9-16)15(3)8-10-7-11(14)5-6-12(10)17-4/h5-7,16H,8-9H2,1-4H3. The van der Waals surface area contributed by atoms with Crippen LogP contribution < -0.4 is 4.74 Å². The lowest BCUT2D eigenvalue weighted by atomic mass is 10.0. The van der Waals surface area contributed by atoms with Gasteiger partial charge < -0.3 is 9.84 Å². The van der Waals surface area contributed by atoms with Crippen LogP contribution in [-0.2, 0) is 6.54 Å². The smallest absolute Gasteiger partial charge is 0.123 e. The third-order valence-electron chi connectivity index (χ3n) is 3.07. The molecule has 96 valence electrons. The van der Waals surface area contributed by atoms with Gasteiger partial charge in [0, 0.05) is 22.7 Å². The van der Waals surface area contributed by atoms with E-state index < -0.39 is 0 Å². The zero-order valence-electron chi connectivity index (χ0n) is 10.8. The average Bonchev–Trinajstić information content (AvgIpc) is 2.29. The largest absolute Gasteiger partial charge is 0.496 e. The number of aliphatic hydroxyl groups excluding tert-OH is 1. The molecule has 0 heterocycles. The highest BCUT2D eigenvalue weighted by Gasteiger charge is 2.23. The predicted octanol–water partition coefficient (Wildman–Crippen LogP) is 2.55. The molecule has 1 N–H and O–H groups in total. The van der Waals surface area contributed by atoms with Gasteiger partial charge in [-0.05, 0) is 39.1 Å². The fourth-order valence-electron chi connectivity index (χ4n) is 1.46. The Morgan fingerprint density at radius 3 is 2.59 bits per heavy atom. The second-order valence-electron chi connectivity index (χ2n) is 4.78. The number of hydrogen-bond donors (Lipinski definition) is 1. The molecule has 0 fully saturated rings. The topological polar surface area (TPSA) is 32.7 Å². The van der Waals surface area contributed by atoms with Gasteiger partial charge in [-0.2, -0.15) is 0 Å². The molecule has 0 aromatic heterocycles. The van der Waals surface area contributed by atoms with Gasteiger partial charge in [0.15, 0.2) is 0 Å². The van der Waals surface area contributed by atoms with Crippen molar-refractivity contribution in [3.05, 3.63) is 28.8 Å². The minimum Gasteiger partial charge on any atom is -0.496 e. The van der Waals surface area contributed by atoms with Gasteiger partial charge >= 0.3 is 0 Å². The van der Waals surface area contributed by atoms with Crippen LogP contribution in [0.4, 0.5) is 0 Å². The number of halogens is 1. The van der Waals surface area contributed by atoms with Crippen molar-refractivity contribution in [1.82, 2.24) is 4.90 Å². The molecule has 0 unspecified atom stereocenters. The first-order valence-electron chi connectivity index (χ1n) is 5.55. The number of nitrogens with zero attached hydrogens (tertiary/aromatic N) is 1. The summed E-state index contributed by atoms with van der Waals surface area (Å²) in [4.78, 5) is 2.07. The van der Waals surface area contributed by atoms with Crippen LogP contribution in [-0.4, -0.2) is 36.3 Å². The van der Waals surface area contributed by atoms with E-state index >= 15 is 0 Å². The van der Waals surface area contributed by atoms with Crippen molar-refractivity contribution < 1.29 is 9.84 Å². The third-order valence-corrected chi connectivity index (χ3v) is 3.31. The molecule has 3 nitrogen and oxygen atoms in total. The lowest BCUT2D eigenvalue weighted by molar-refractivity contribution is 0.0728. The summed E-state index contributed by atoms with van der Waals surface area (Å²) < 4.78 is 5.30. The Balaban J connectivity index is 2.91. The molecule has 0 aliphatic carbocycles. The van der Waals surface area contributed by atoms with E-state index in [4.69, 9.17) is 16.3 Å². The van der Waals surface area contributed by atoms with Crippen molar-refractivity contribution in [3.8, 4) is 5.75 Å². The summed E-state index contributed by atoms with van der Waals surface area (Å²) >= 11 is 5.98. The first-order chi connectivity index (χ1) is 7.90. The minimum absolute atomic E-state index is 0.104. The molecule has 0 aliphatic rings. The summed E-state index contributed by atoms with van der Waals surface area (Å²) in [5.41, 5.74) is 0.747. The summed E-state index contributed by atoms with van der Waals surface area (Å²) in [5.74, 6) is 0.815. The van der Waals surface area contributed by atoms with Crippen molar-refractivity contribution in [2.75, 3.05) is 20.8 Å². The molecule has 0 spiro atoms. The Morgan fingerprint density at radius 1 is 1.41 bits per heavy atom. The van der Waals surface area contributed by atoms with Crippen molar-refractivity contribution in [3.63, 3.8) is 0 Å². The first kappa shape index (κ1) is 14.3. The second kappa shape index (κ2) is 5.71. The minimum atomic E-state index is -0.271. The van der Waals surface area contributed by atoms with Gasteiger partial charge in [-0.25, -0.2) is 0 Å². The normalized spacial score (nSPS) is 11.9. The monoisotopic (exact) mass is 257 g/mol. The summed E-state index contributed by atoms with van der Waals surface area (Å²) in [6.45, 7) is 4.76. The Hall–Kier alpha value is -0.770. The fourth-order valence-corrected chi connectivity index (χ4v) is 1.66. The maximum atomic E-state index is 9.32. The highest BCUT2D eigenvalue weighted by atomic mass is 35.5. The molecule has 0 radical (unpaired) electrons. The van der Waals surface area contributed by atoms with Crippen molar-refractivity contribution >= 4 is 11.6 Å². The van der Waals surface area contributed by atoms with Crippen molar-refractivity contribution in [2.24, 2.45) is 0 Å². The first-order valence-corrected chi connectivity index (χ1v) is 5.93. The van der Waals surface area contributed by atoms with Crippen LogP contribution in [0.15, 0.2) is 18.2 Å². The number of benzene rings is 1. The van der Waals surface area contributed by atoms with Crippen LogP contribution >= 0.6 is 11.6 Å². The van der Waals surface area contributed by atoms with Gasteiger partial charge in [0.1, 0.15) is 5.75 Å². The Kier molecular flexibility index (Phi) is 4.80. The number of hydrogen-bond acceptors (Lipinski definition) is 3. The number of methoxy groups -OCH3 is 1. The van der Waals surface area contributed by atoms with Gasteiger partial charge in [-0.15, -0.1) is 0 Å². The SMILES string of the molecule is COc1ccc(Cl)cc1CN(C)C(C)(C)CO. The van der Waals surface area contributed by atoms with Crippen LogP contribution in [0.2, 0.25) is 5.02 Å². The quantitative estimate of drug-likeness (QED) is 0.880. The van der Waals surface area contributed by atoms with E-state index in [1.165, 1.54) is 0 Å². The molecule has 1 rings (SSSR count). The van der Waals surface area contributed by atoms with E-state index in [2.05, 4.69) is 4.90 Å². The van der Waals surface area contributed by atoms with Crippen molar-refractivity contribution in [2.45, 2.75) is 25.9 Å². The molecular formula is C13H20ClNO2. The van der Waals surface area contributed by atoms with E-state index in [0.717, 1.165) is 11.3 Å². The van der Waals surface area contributed by atoms with Crippen LogP contribution in [0.1, 0.15) is 19.4 Å². The molecule has 1 aromatic carbocycles. The molecule has 1 aromatic rings. The van der Waals surface area contributed by atoms with E-state index in [1.807, 2.05) is 33.0 Å². The Bertz CT molecular complexity index is 380. The average molecular weight is 258 g/mol. The van der Waals surface area contributed by atoms with Gasteiger partial charge in [-0.3, -0.25) is 4.90 Å². The van der Waals surface area contributed by atoms with E-state index in [9.17, 15) is 5.11 Å². The zero-order valence-corrected chi connectivity index (χ0v) is 11.6. The second-order valence-corrected chi connectivity index (χ2v) is 5.22. The maximum absolute atomic E-state index is 9.32. The van der Waals surface area contributed by atoms with Crippen molar-refractivity contribution in [1.29, 1.82) is 0 Å². The molecule has 4 heteroatoms. The summed E-state index contributed by atoms with van der Waals surface area (Å²) in [7, 11) is 3.61. The Morgan fingerprint density at radius 2 is 2.06 bits per heavy atom. The van der Waals surface area contributed by atoms with Crippen LogP contribution in [0, 0.1) is 0 Å². The number of aliphatic hydroxyl groups is 1. The van der Waals surface area contributed by atoms with E-state index in [1.54, 1.807) is 13.2 Å². The van der Waals surface area contributed by atoms with Crippen LogP contribution in [0.25, 0.3) is 0 Å². The summed E-state index contributed by atoms with van der Waals surface area (Å²) in [5, 5.41) is 10.0. The number of rotatable bonds is 5. The zero-order chi connectivity index (χ0) is 13.1. The van der Waals surface area contributed by atoms with Gasteiger partial charge in [-0.1, -0.05) is 11.6 Å². The fraction of sp³-hybridized carbons (Fsp3) is 0.538. The number of likely N-dealkylation sites (N-methyl/N-ethyl adjacent to an activating group) is 1.